The number of hydrogen-bond donors (Lipinski definition) is 2. The van der Waals surface area contributed by atoms with Gasteiger partial charge in [-0.15, -0.1) is 0 Å². The van der Waals surface area contributed by atoms with Gasteiger partial charge in [0, 0.05) is 11.4 Å². The van der Waals surface area contributed by atoms with Crippen molar-refractivity contribution in [2.24, 2.45) is 11.8 Å². The second-order valence-electron chi connectivity index (χ2n) is 6.83. The number of carbonyl (C=O) groups excluding carboxylic acids is 1. The minimum absolute atomic E-state index is 0.125. The van der Waals surface area contributed by atoms with Crippen LogP contribution in [0.25, 0.3) is 11.0 Å². The van der Waals surface area contributed by atoms with Gasteiger partial charge in [-0.05, 0) is 37.3 Å². The molecule has 1 aliphatic rings. The summed E-state index contributed by atoms with van der Waals surface area (Å²) in [6, 6.07) is 6.07. The average Bonchev–Trinajstić information content (AvgIpc) is 2.92. The molecule has 2 N–H and O–H groups in total. The Morgan fingerprint density at radius 2 is 2.17 bits per heavy atom. The number of urea groups is 1. The molecule has 0 radical (unpaired) electrons. The molecule has 124 valence electrons. The van der Waals surface area contributed by atoms with Gasteiger partial charge in [0.2, 0.25) is 0 Å². The summed E-state index contributed by atoms with van der Waals surface area (Å²) in [6.45, 7) is 6.89. The Labute approximate surface area is 136 Å². The third-order valence-electron chi connectivity index (χ3n) is 5.14. The predicted octanol–water partition coefficient (Wildman–Crippen LogP) is 3.76. The van der Waals surface area contributed by atoms with Gasteiger partial charge in [0.05, 0.1) is 6.54 Å². The summed E-state index contributed by atoms with van der Waals surface area (Å²) < 4.78 is 5.30. The molecule has 1 saturated carbocycles. The maximum atomic E-state index is 12.2. The fourth-order valence-corrected chi connectivity index (χ4v) is 3.40. The van der Waals surface area contributed by atoms with Crippen LogP contribution in [0.2, 0.25) is 0 Å². The number of hydrogen-bond acceptors (Lipinski definition) is 3. The number of fused-ring (bicyclic) bond motifs is 1. The molecule has 2 amide bonds. The number of aryl methyl sites for hydroxylation is 1. The van der Waals surface area contributed by atoms with E-state index < -0.39 is 0 Å². The van der Waals surface area contributed by atoms with E-state index in [1.165, 1.54) is 12.8 Å². The van der Waals surface area contributed by atoms with Gasteiger partial charge < -0.3 is 15.2 Å². The van der Waals surface area contributed by atoms with E-state index in [1.54, 1.807) is 0 Å². The van der Waals surface area contributed by atoms with Crippen LogP contribution in [-0.2, 0) is 6.54 Å². The molecule has 5 nitrogen and oxygen atoms in total. The molecule has 1 heterocycles. The van der Waals surface area contributed by atoms with Crippen molar-refractivity contribution in [3.63, 3.8) is 0 Å². The largest absolute Gasteiger partial charge is 0.356 e. The van der Waals surface area contributed by atoms with Gasteiger partial charge in [0.15, 0.2) is 5.58 Å². The van der Waals surface area contributed by atoms with E-state index in [4.69, 9.17) is 4.52 Å². The third kappa shape index (κ3) is 3.49. The second-order valence-corrected chi connectivity index (χ2v) is 6.83. The molecule has 23 heavy (non-hydrogen) atoms. The minimum atomic E-state index is -0.125. The van der Waals surface area contributed by atoms with Crippen LogP contribution in [0.3, 0.4) is 0 Å². The summed E-state index contributed by atoms with van der Waals surface area (Å²) in [5, 5.41) is 11.0. The van der Waals surface area contributed by atoms with Gasteiger partial charge in [0.25, 0.3) is 0 Å². The molecular formula is C18H25N3O2. The molecule has 0 bridgehead atoms. The van der Waals surface area contributed by atoms with E-state index in [9.17, 15) is 4.79 Å². The zero-order valence-electron chi connectivity index (χ0n) is 14.1. The van der Waals surface area contributed by atoms with E-state index in [0.717, 1.165) is 28.6 Å². The zero-order valence-corrected chi connectivity index (χ0v) is 14.1. The smallest absolute Gasteiger partial charge is 0.315 e. The Morgan fingerprint density at radius 1 is 1.35 bits per heavy atom. The van der Waals surface area contributed by atoms with Crippen LogP contribution in [0.4, 0.5) is 4.79 Å². The Balaban J connectivity index is 1.59. The Morgan fingerprint density at radius 3 is 3.00 bits per heavy atom. The molecule has 0 saturated heterocycles. The van der Waals surface area contributed by atoms with Crippen LogP contribution in [0.15, 0.2) is 22.7 Å². The fourth-order valence-electron chi connectivity index (χ4n) is 3.40. The number of rotatable bonds is 3. The predicted molar refractivity (Wildman–Crippen MR) is 90.1 cm³/mol. The summed E-state index contributed by atoms with van der Waals surface area (Å²) in [5.74, 6) is 1.18. The van der Waals surface area contributed by atoms with Crippen molar-refractivity contribution in [3.05, 3.63) is 29.5 Å². The summed E-state index contributed by atoms with van der Waals surface area (Å²) in [5.41, 5.74) is 2.67. The first-order valence-electron chi connectivity index (χ1n) is 8.44. The molecule has 0 unspecified atom stereocenters. The van der Waals surface area contributed by atoms with Gasteiger partial charge in [-0.2, -0.15) is 0 Å². The lowest BCUT2D eigenvalue weighted by Gasteiger charge is -2.34. The average molecular weight is 315 g/mol. The van der Waals surface area contributed by atoms with Gasteiger partial charge in [-0.25, -0.2) is 4.79 Å². The number of carbonyl (C=O) groups is 1. The molecule has 1 aromatic heterocycles. The van der Waals surface area contributed by atoms with Gasteiger partial charge >= 0.3 is 6.03 Å². The van der Waals surface area contributed by atoms with E-state index in [1.807, 2.05) is 25.1 Å². The van der Waals surface area contributed by atoms with E-state index in [2.05, 4.69) is 29.6 Å². The number of benzene rings is 1. The Bertz CT molecular complexity index is 695. The number of nitrogens with one attached hydrogen (secondary N) is 2. The minimum Gasteiger partial charge on any atom is -0.356 e. The van der Waals surface area contributed by atoms with Crippen molar-refractivity contribution >= 4 is 17.0 Å². The van der Waals surface area contributed by atoms with E-state index >= 15 is 0 Å². The molecular weight excluding hydrogens is 290 g/mol. The van der Waals surface area contributed by atoms with Gasteiger partial charge in [0.1, 0.15) is 5.69 Å². The lowest BCUT2D eigenvalue weighted by Crippen LogP contribution is -2.47. The van der Waals surface area contributed by atoms with E-state index in [0.29, 0.717) is 18.4 Å². The third-order valence-corrected chi connectivity index (χ3v) is 5.14. The molecule has 0 aliphatic heterocycles. The van der Waals surface area contributed by atoms with Crippen LogP contribution >= 0.6 is 0 Å². The maximum absolute atomic E-state index is 12.2. The second kappa shape index (κ2) is 6.60. The lowest BCUT2D eigenvalue weighted by molar-refractivity contribution is 0.195. The van der Waals surface area contributed by atoms with Gasteiger partial charge in [-0.1, -0.05) is 43.5 Å². The number of amides is 2. The van der Waals surface area contributed by atoms with Crippen molar-refractivity contribution in [1.29, 1.82) is 0 Å². The molecule has 2 aromatic rings. The first-order chi connectivity index (χ1) is 11.0. The van der Waals surface area contributed by atoms with Crippen molar-refractivity contribution in [2.45, 2.75) is 52.6 Å². The van der Waals surface area contributed by atoms with Crippen LogP contribution in [0.5, 0.6) is 0 Å². The highest BCUT2D eigenvalue weighted by atomic mass is 16.5. The summed E-state index contributed by atoms with van der Waals surface area (Å²) in [4.78, 5) is 12.2. The molecule has 5 heteroatoms. The van der Waals surface area contributed by atoms with Crippen molar-refractivity contribution in [1.82, 2.24) is 15.8 Å². The molecule has 3 rings (SSSR count). The quantitative estimate of drug-likeness (QED) is 0.906. The Kier molecular flexibility index (Phi) is 4.55. The Hall–Kier alpha value is -2.04. The highest BCUT2D eigenvalue weighted by Gasteiger charge is 2.28. The summed E-state index contributed by atoms with van der Waals surface area (Å²) >= 11 is 0. The highest BCUT2D eigenvalue weighted by Crippen LogP contribution is 2.29. The normalized spacial score (nSPS) is 24.6. The van der Waals surface area contributed by atoms with Crippen molar-refractivity contribution in [3.8, 4) is 0 Å². The maximum Gasteiger partial charge on any atom is 0.315 e. The van der Waals surface area contributed by atoms with Crippen LogP contribution in [0.1, 0.15) is 44.4 Å². The number of nitrogens with zero attached hydrogens (tertiary/aromatic N) is 1. The zero-order chi connectivity index (χ0) is 16.4. The van der Waals surface area contributed by atoms with Crippen LogP contribution in [-0.4, -0.2) is 17.2 Å². The van der Waals surface area contributed by atoms with Crippen molar-refractivity contribution < 1.29 is 9.32 Å². The SMILES string of the molecule is Cc1ccc2onc(CNC(=O)N[C@@H]3CCC[C@@H](C)[C@H]3C)c2c1. The molecule has 0 spiro atoms. The fraction of sp³-hybridized carbons (Fsp3) is 0.556. The molecule has 3 atom stereocenters. The molecule has 1 aromatic carbocycles. The molecule has 1 aliphatic carbocycles. The lowest BCUT2D eigenvalue weighted by atomic mass is 9.78. The van der Waals surface area contributed by atoms with Crippen LogP contribution < -0.4 is 10.6 Å². The van der Waals surface area contributed by atoms with E-state index in [-0.39, 0.29) is 12.1 Å². The topological polar surface area (TPSA) is 67.2 Å². The number of aromatic nitrogens is 1. The monoisotopic (exact) mass is 315 g/mol. The van der Waals surface area contributed by atoms with Crippen LogP contribution in [0, 0.1) is 18.8 Å². The standard InChI is InChI=1S/C18H25N3O2/c1-11-7-8-17-14(9-11)16(21-23-17)10-19-18(22)20-15-6-4-5-12(2)13(15)3/h7-9,12-13,15H,4-6,10H2,1-3H3,(H2,19,20,22)/t12-,13-,15-/m1/s1. The highest BCUT2D eigenvalue weighted by molar-refractivity contribution is 5.81. The molecule has 1 fully saturated rings. The van der Waals surface area contributed by atoms with Gasteiger partial charge in [-0.3, -0.25) is 0 Å². The van der Waals surface area contributed by atoms with Crippen molar-refractivity contribution in [2.75, 3.05) is 0 Å². The first kappa shape index (κ1) is 15.8. The summed E-state index contributed by atoms with van der Waals surface area (Å²) in [7, 11) is 0. The first-order valence-corrected chi connectivity index (χ1v) is 8.44. The summed E-state index contributed by atoms with van der Waals surface area (Å²) in [6.07, 6.45) is 3.50.